The second-order valence-corrected chi connectivity index (χ2v) is 7.44. The molecule has 0 bridgehead atoms. The number of aromatic amines is 1. The highest BCUT2D eigenvalue weighted by molar-refractivity contribution is 5.81. The van der Waals surface area contributed by atoms with Crippen molar-refractivity contribution in [3.05, 3.63) is 45.9 Å². The smallest absolute Gasteiger partial charge is 0.328 e. The molecule has 1 fully saturated rings. The van der Waals surface area contributed by atoms with Crippen molar-refractivity contribution in [3.8, 4) is 6.01 Å². The van der Waals surface area contributed by atoms with Crippen molar-refractivity contribution in [3.63, 3.8) is 0 Å². The molecule has 3 aromatic rings. The number of likely N-dealkylation sites (N-methyl/N-ethyl adjacent to an activating group) is 1. The van der Waals surface area contributed by atoms with Crippen LogP contribution < -0.4 is 16.2 Å². The third-order valence-corrected chi connectivity index (χ3v) is 5.27. The molecule has 1 saturated heterocycles. The molecule has 9 heteroatoms. The average Bonchev–Trinajstić information content (AvgIpc) is 3.02. The molecule has 0 atom stereocenters. The quantitative estimate of drug-likeness (QED) is 0.636. The number of fused-ring (bicyclic) bond motifs is 1. The van der Waals surface area contributed by atoms with Gasteiger partial charge >= 0.3 is 11.7 Å². The molecule has 0 unspecified atom stereocenters. The normalized spacial score (nSPS) is 15.8. The second-order valence-electron chi connectivity index (χ2n) is 7.44. The Kier molecular flexibility index (Phi) is 5.50. The van der Waals surface area contributed by atoms with Gasteiger partial charge in [0.1, 0.15) is 5.52 Å². The predicted octanol–water partition coefficient (Wildman–Crippen LogP) is 0.896. The SMILES string of the molecule is CCOc1nc(N)c2[nH]c(=O)n(Cc3ccc(CN4CCN(C)CC4)cc3)c2n1. The lowest BCUT2D eigenvalue weighted by Gasteiger charge is -2.32. The van der Waals surface area contributed by atoms with Crippen molar-refractivity contribution in [2.45, 2.75) is 20.0 Å². The van der Waals surface area contributed by atoms with Gasteiger partial charge in [-0.15, -0.1) is 0 Å². The molecular weight excluding hydrogens is 370 g/mol. The molecule has 29 heavy (non-hydrogen) atoms. The van der Waals surface area contributed by atoms with Crippen molar-refractivity contribution in [2.24, 2.45) is 0 Å². The fraction of sp³-hybridized carbons (Fsp3) is 0.450. The molecule has 1 aromatic carbocycles. The molecule has 2 aromatic heterocycles. The number of anilines is 1. The summed E-state index contributed by atoms with van der Waals surface area (Å²) in [6.07, 6.45) is 0. The van der Waals surface area contributed by atoms with Crippen LogP contribution >= 0.6 is 0 Å². The molecular formula is C20H27N7O2. The maximum atomic E-state index is 12.5. The van der Waals surface area contributed by atoms with E-state index in [1.54, 1.807) is 4.57 Å². The van der Waals surface area contributed by atoms with E-state index in [1.165, 1.54) is 5.56 Å². The Morgan fingerprint density at radius 1 is 1.07 bits per heavy atom. The number of benzene rings is 1. The Bertz CT molecular complexity index is 1030. The van der Waals surface area contributed by atoms with Crippen LogP contribution in [-0.2, 0) is 13.1 Å². The minimum absolute atomic E-state index is 0.174. The van der Waals surface area contributed by atoms with Crippen molar-refractivity contribution in [2.75, 3.05) is 45.6 Å². The van der Waals surface area contributed by atoms with Crippen LogP contribution in [-0.4, -0.2) is 69.2 Å². The number of aromatic nitrogens is 4. The van der Waals surface area contributed by atoms with Gasteiger partial charge in [-0.25, -0.2) is 4.79 Å². The molecule has 0 radical (unpaired) electrons. The first kappa shape index (κ1) is 19.4. The van der Waals surface area contributed by atoms with E-state index in [1.807, 2.05) is 6.92 Å². The molecule has 4 rings (SSSR count). The molecule has 154 valence electrons. The zero-order valence-corrected chi connectivity index (χ0v) is 16.9. The summed E-state index contributed by atoms with van der Waals surface area (Å²) in [7, 11) is 2.16. The van der Waals surface area contributed by atoms with Gasteiger partial charge in [0, 0.05) is 32.7 Å². The monoisotopic (exact) mass is 397 g/mol. The zero-order chi connectivity index (χ0) is 20.4. The summed E-state index contributed by atoms with van der Waals surface area (Å²) in [4.78, 5) is 28.4. The van der Waals surface area contributed by atoms with Gasteiger partial charge < -0.3 is 20.4 Å². The highest BCUT2D eigenvalue weighted by Gasteiger charge is 2.16. The van der Waals surface area contributed by atoms with Crippen molar-refractivity contribution < 1.29 is 4.74 Å². The van der Waals surface area contributed by atoms with Crippen LogP contribution in [0.4, 0.5) is 5.82 Å². The summed E-state index contributed by atoms with van der Waals surface area (Å²) in [5.74, 6) is 0.205. The van der Waals surface area contributed by atoms with Gasteiger partial charge in [0.15, 0.2) is 11.5 Å². The highest BCUT2D eigenvalue weighted by Crippen LogP contribution is 2.19. The van der Waals surface area contributed by atoms with Gasteiger partial charge in [0.25, 0.3) is 0 Å². The van der Waals surface area contributed by atoms with Gasteiger partial charge in [-0.2, -0.15) is 9.97 Å². The number of piperazine rings is 1. The van der Waals surface area contributed by atoms with Crippen molar-refractivity contribution >= 4 is 17.0 Å². The van der Waals surface area contributed by atoms with E-state index < -0.39 is 0 Å². The molecule has 0 amide bonds. The fourth-order valence-corrected chi connectivity index (χ4v) is 3.57. The minimum Gasteiger partial charge on any atom is -0.464 e. The van der Waals surface area contributed by atoms with Gasteiger partial charge in [-0.3, -0.25) is 9.47 Å². The lowest BCUT2D eigenvalue weighted by Crippen LogP contribution is -2.43. The first-order valence-electron chi connectivity index (χ1n) is 9.91. The van der Waals surface area contributed by atoms with Gasteiger partial charge in [-0.1, -0.05) is 24.3 Å². The molecule has 0 aliphatic carbocycles. The molecule has 3 N–H and O–H groups in total. The topological polar surface area (TPSA) is 105 Å². The molecule has 0 spiro atoms. The lowest BCUT2D eigenvalue weighted by molar-refractivity contribution is 0.148. The van der Waals surface area contributed by atoms with Crippen molar-refractivity contribution in [1.82, 2.24) is 29.3 Å². The second kappa shape index (κ2) is 8.22. The highest BCUT2D eigenvalue weighted by atomic mass is 16.5. The van der Waals surface area contributed by atoms with E-state index >= 15 is 0 Å². The van der Waals surface area contributed by atoms with Crippen LogP contribution in [0.2, 0.25) is 0 Å². The van der Waals surface area contributed by atoms with Gasteiger partial charge in [0.2, 0.25) is 0 Å². The number of ether oxygens (including phenoxy) is 1. The fourth-order valence-electron chi connectivity index (χ4n) is 3.57. The van der Waals surface area contributed by atoms with Gasteiger partial charge in [-0.05, 0) is 25.1 Å². The molecule has 9 nitrogen and oxygen atoms in total. The van der Waals surface area contributed by atoms with Crippen molar-refractivity contribution in [1.29, 1.82) is 0 Å². The Hall–Kier alpha value is -2.91. The van der Waals surface area contributed by atoms with Gasteiger partial charge in [0.05, 0.1) is 13.2 Å². The van der Waals surface area contributed by atoms with Crippen LogP contribution in [0.3, 0.4) is 0 Å². The first-order chi connectivity index (χ1) is 14.0. The van der Waals surface area contributed by atoms with E-state index in [-0.39, 0.29) is 17.5 Å². The zero-order valence-electron chi connectivity index (χ0n) is 16.9. The third kappa shape index (κ3) is 4.25. The molecule has 1 aliphatic rings. The lowest BCUT2D eigenvalue weighted by atomic mass is 10.1. The van der Waals surface area contributed by atoms with E-state index in [9.17, 15) is 4.79 Å². The Labute approximate surface area is 169 Å². The largest absolute Gasteiger partial charge is 0.464 e. The summed E-state index contributed by atoms with van der Waals surface area (Å²) < 4.78 is 6.93. The molecule has 0 saturated carbocycles. The maximum absolute atomic E-state index is 12.5. The predicted molar refractivity (Wildman–Crippen MR) is 112 cm³/mol. The Morgan fingerprint density at radius 2 is 1.72 bits per heavy atom. The maximum Gasteiger partial charge on any atom is 0.328 e. The summed E-state index contributed by atoms with van der Waals surface area (Å²) in [6, 6.07) is 8.55. The number of hydrogen-bond acceptors (Lipinski definition) is 7. The number of H-pyrrole nitrogens is 1. The number of nitrogens with zero attached hydrogens (tertiary/aromatic N) is 5. The van der Waals surface area contributed by atoms with E-state index in [4.69, 9.17) is 10.5 Å². The van der Waals surface area contributed by atoms with Crippen LogP contribution in [0.25, 0.3) is 11.2 Å². The first-order valence-corrected chi connectivity index (χ1v) is 9.91. The van der Waals surface area contributed by atoms with Crippen LogP contribution in [0.5, 0.6) is 6.01 Å². The summed E-state index contributed by atoms with van der Waals surface area (Å²) in [6.45, 7) is 8.01. The van der Waals surface area contributed by atoms with Crippen LogP contribution in [0.15, 0.2) is 29.1 Å². The van der Waals surface area contributed by atoms with E-state index in [0.717, 1.165) is 38.3 Å². The molecule has 1 aliphatic heterocycles. The number of nitrogens with one attached hydrogen (secondary N) is 1. The number of imidazole rings is 1. The Morgan fingerprint density at radius 3 is 2.38 bits per heavy atom. The third-order valence-electron chi connectivity index (χ3n) is 5.27. The average molecular weight is 397 g/mol. The summed E-state index contributed by atoms with van der Waals surface area (Å²) in [5, 5.41) is 0. The number of rotatable bonds is 6. The number of hydrogen-bond donors (Lipinski definition) is 2. The standard InChI is InChI=1S/C20H27N7O2/c1-3-29-19-23-17(21)16-18(24-19)27(20(28)22-16)13-15-6-4-14(5-7-15)12-26-10-8-25(2)9-11-26/h4-7H,3,8-13H2,1-2H3,(H,22,28)(H2,21,23,24). The number of nitrogen functional groups attached to an aromatic ring is 1. The summed E-state index contributed by atoms with van der Waals surface area (Å²) in [5.41, 5.74) is 8.87. The molecule has 3 heterocycles. The number of nitrogens with two attached hydrogens (primary N) is 1. The van der Waals surface area contributed by atoms with Crippen LogP contribution in [0, 0.1) is 0 Å². The van der Waals surface area contributed by atoms with Crippen LogP contribution in [0.1, 0.15) is 18.1 Å². The minimum atomic E-state index is -0.267. The Balaban J connectivity index is 1.52. The van der Waals surface area contributed by atoms with E-state index in [0.29, 0.717) is 24.3 Å². The van der Waals surface area contributed by atoms with E-state index in [2.05, 4.69) is 56.1 Å². The summed E-state index contributed by atoms with van der Waals surface area (Å²) >= 11 is 0.